The third-order valence-electron chi connectivity index (χ3n) is 2.72. The topological polar surface area (TPSA) is 75.3 Å². The first-order valence-electron chi connectivity index (χ1n) is 5.65. The SMILES string of the molecule is O=C1NCCCCC1NS(=O)(=O)c1cc(Cl)c(Br)s1. The second-order valence-electron chi connectivity index (χ2n) is 4.15. The number of hydrogen-bond donors (Lipinski definition) is 2. The zero-order valence-corrected chi connectivity index (χ0v) is 13.8. The highest BCUT2D eigenvalue weighted by Crippen LogP contribution is 2.34. The van der Waals surface area contributed by atoms with Crippen LogP contribution < -0.4 is 10.0 Å². The van der Waals surface area contributed by atoms with E-state index in [1.54, 1.807) is 0 Å². The van der Waals surface area contributed by atoms with E-state index in [0.717, 1.165) is 24.2 Å². The number of nitrogens with one attached hydrogen (secondary N) is 2. The van der Waals surface area contributed by atoms with Crippen molar-refractivity contribution in [3.63, 3.8) is 0 Å². The van der Waals surface area contributed by atoms with Crippen molar-refractivity contribution >= 4 is 54.8 Å². The number of rotatable bonds is 3. The van der Waals surface area contributed by atoms with Crippen molar-refractivity contribution in [1.82, 2.24) is 10.0 Å². The maximum Gasteiger partial charge on any atom is 0.250 e. The van der Waals surface area contributed by atoms with Gasteiger partial charge in [-0.2, -0.15) is 4.72 Å². The molecule has 1 atom stereocenters. The van der Waals surface area contributed by atoms with E-state index in [9.17, 15) is 13.2 Å². The van der Waals surface area contributed by atoms with Crippen LogP contribution in [0.3, 0.4) is 0 Å². The van der Waals surface area contributed by atoms with Crippen molar-refractivity contribution in [3.05, 3.63) is 14.9 Å². The van der Waals surface area contributed by atoms with Crippen molar-refractivity contribution in [1.29, 1.82) is 0 Å². The molecule has 1 amide bonds. The summed E-state index contributed by atoms with van der Waals surface area (Å²) in [4.78, 5) is 11.7. The lowest BCUT2D eigenvalue weighted by Crippen LogP contribution is -2.45. The summed E-state index contributed by atoms with van der Waals surface area (Å²) in [5, 5.41) is 3.03. The average Bonchev–Trinajstić information content (AvgIpc) is 2.55. The molecule has 0 spiro atoms. The van der Waals surface area contributed by atoms with Crippen LogP contribution in [0.4, 0.5) is 0 Å². The third-order valence-corrected chi connectivity index (χ3v) is 7.14. The molecule has 2 N–H and O–H groups in total. The van der Waals surface area contributed by atoms with Gasteiger partial charge in [-0.1, -0.05) is 11.6 Å². The normalized spacial score (nSPS) is 20.9. The van der Waals surface area contributed by atoms with Crippen LogP contribution in [0.2, 0.25) is 5.02 Å². The van der Waals surface area contributed by atoms with Gasteiger partial charge in [-0.15, -0.1) is 11.3 Å². The molecular formula is C10H12BrClN2O3S2. The van der Waals surface area contributed by atoms with Crippen molar-refractivity contribution in [2.24, 2.45) is 0 Å². The van der Waals surface area contributed by atoms with Gasteiger partial charge in [0.25, 0.3) is 10.0 Å². The van der Waals surface area contributed by atoms with Crippen LogP contribution in [0.25, 0.3) is 0 Å². The van der Waals surface area contributed by atoms with E-state index in [4.69, 9.17) is 11.6 Å². The van der Waals surface area contributed by atoms with Gasteiger partial charge < -0.3 is 5.32 Å². The Labute approximate surface area is 128 Å². The number of thiophene rings is 1. The number of carbonyl (C=O) groups excluding carboxylic acids is 1. The third kappa shape index (κ3) is 3.69. The van der Waals surface area contributed by atoms with Crippen LogP contribution in [-0.2, 0) is 14.8 Å². The molecule has 1 aromatic heterocycles. The highest BCUT2D eigenvalue weighted by Gasteiger charge is 2.28. The quantitative estimate of drug-likeness (QED) is 0.834. The van der Waals surface area contributed by atoms with E-state index >= 15 is 0 Å². The molecule has 0 saturated carbocycles. The van der Waals surface area contributed by atoms with Gasteiger partial charge in [0.1, 0.15) is 10.3 Å². The van der Waals surface area contributed by atoms with Crippen molar-refractivity contribution in [2.45, 2.75) is 29.5 Å². The van der Waals surface area contributed by atoms with Crippen LogP contribution in [-0.4, -0.2) is 26.9 Å². The minimum atomic E-state index is -3.72. The summed E-state index contributed by atoms with van der Waals surface area (Å²) in [6, 6.07) is 0.653. The molecule has 106 valence electrons. The second kappa shape index (κ2) is 6.09. The van der Waals surface area contributed by atoms with Gasteiger partial charge in [0.05, 0.1) is 8.81 Å². The molecule has 0 aromatic carbocycles. The highest BCUT2D eigenvalue weighted by molar-refractivity contribution is 9.11. The lowest BCUT2D eigenvalue weighted by Gasteiger charge is -2.14. The van der Waals surface area contributed by atoms with Crippen LogP contribution in [0.5, 0.6) is 0 Å². The Morgan fingerprint density at radius 3 is 2.84 bits per heavy atom. The van der Waals surface area contributed by atoms with E-state index in [1.165, 1.54) is 6.07 Å². The van der Waals surface area contributed by atoms with Crippen LogP contribution in [0.1, 0.15) is 19.3 Å². The minimum absolute atomic E-state index is 0.0985. The van der Waals surface area contributed by atoms with E-state index in [2.05, 4.69) is 26.0 Å². The van der Waals surface area contributed by atoms with E-state index in [0.29, 0.717) is 21.8 Å². The summed E-state index contributed by atoms with van der Waals surface area (Å²) in [7, 11) is -3.72. The zero-order valence-electron chi connectivity index (χ0n) is 9.78. The summed E-state index contributed by atoms with van der Waals surface area (Å²) >= 11 is 10.0. The molecule has 9 heteroatoms. The molecule has 0 radical (unpaired) electrons. The Kier molecular flexibility index (Phi) is 4.88. The molecule has 1 unspecified atom stereocenters. The van der Waals surface area contributed by atoms with Gasteiger partial charge in [-0.05, 0) is 41.3 Å². The van der Waals surface area contributed by atoms with Crippen LogP contribution in [0, 0.1) is 0 Å². The van der Waals surface area contributed by atoms with Crippen LogP contribution in [0.15, 0.2) is 14.1 Å². The first-order chi connectivity index (χ1) is 8.90. The Morgan fingerprint density at radius 2 is 2.21 bits per heavy atom. The fourth-order valence-corrected chi connectivity index (χ4v) is 5.40. The fourth-order valence-electron chi connectivity index (χ4n) is 1.76. The predicted molar refractivity (Wildman–Crippen MR) is 78.0 cm³/mol. The van der Waals surface area contributed by atoms with Crippen LogP contribution >= 0.6 is 38.9 Å². The minimum Gasteiger partial charge on any atom is -0.355 e. The summed E-state index contributed by atoms with van der Waals surface area (Å²) in [5.41, 5.74) is 0. The number of amides is 1. The molecule has 1 fully saturated rings. The number of sulfonamides is 1. The molecule has 0 aliphatic carbocycles. The van der Waals surface area contributed by atoms with Crippen molar-refractivity contribution in [3.8, 4) is 0 Å². The Hall–Kier alpha value is -0.150. The lowest BCUT2D eigenvalue weighted by atomic mass is 10.1. The monoisotopic (exact) mass is 386 g/mol. The molecule has 19 heavy (non-hydrogen) atoms. The molecule has 2 rings (SSSR count). The molecular weight excluding hydrogens is 376 g/mol. The smallest absolute Gasteiger partial charge is 0.250 e. The average molecular weight is 388 g/mol. The lowest BCUT2D eigenvalue weighted by molar-refractivity contribution is -0.122. The molecule has 2 heterocycles. The standard InChI is InChI=1S/C10H12BrClN2O3S2/c11-9-6(12)5-8(18-9)19(16,17)14-7-3-1-2-4-13-10(7)15/h5,7,14H,1-4H2,(H,13,15). The number of halogens is 2. The van der Waals surface area contributed by atoms with Gasteiger partial charge >= 0.3 is 0 Å². The Balaban J connectivity index is 2.18. The number of hydrogen-bond acceptors (Lipinski definition) is 4. The molecule has 1 aliphatic heterocycles. The second-order valence-corrected chi connectivity index (χ2v) is 8.87. The zero-order chi connectivity index (χ0) is 14.0. The molecule has 5 nitrogen and oxygen atoms in total. The van der Waals surface area contributed by atoms with Gasteiger partial charge in [-0.3, -0.25) is 4.79 Å². The predicted octanol–water partition coefficient (Wildman–Crippen LogP) is 2.11. The highest BCUT2D eigenvalue weighted by atomic mass is 79.9. The van der Waals surface area contributed by atoms with Gasteiger partial charge in [0.2, 0.25) is 5.91 Å². The van der Waals surface area contributed by atoms with E-state index in [-0.39, 0.29) is 10.1 Å². The van der Waals surface area contributed by atoms with Gasteiger partial charge in [-0.25, -0.2) is 8.42 Å². The molecule has 1 aromatic rings. The van der Waals surface area contributed by atoms with Crippen molar-refractivity contribution < 1.29 is 13.2 Å². The Morgan fingerprint density at radius 1 is 1.47 bits per heavy atom. The first-order valence-corrected chi connectivity index (χ1v) is 9.12. The molecule has 1 saturated heterocycles. The summed E-state index contributed by atoms with van der Waals surface area (Å²) in [5.74, 6) is -0.275. The summed E-state index contributed by atoms with van der Waals surface area (Å²) < 4.78 is 27.4. The van der Waals surface area contributed by atoms with Crippen molar-refractivity contribution in [2.75, 3.05) is 6.54 Å². The first kappa shape index (κ1) is 15.2. The maximum absolute atomic E-state index is 12.2. The summed E-state index contributed by atoms with van der Waals surface area (Å²) in [6.07, 6.45) is 2.17. The largest absolute Gasteiger partial charge is 0.355 e. The van der Waals surface area contributed by atoms with E-state index in [1.807, 2.05) is 0 Å². The molecule has 1 aliphatic rings. The van der Waals surface area contributed by atoms with Gasteiger partial charge in [0.15, 0.2) is 0 Å². The van der Waals surface area contributed by atoms with Gasteiger partial charge in [0, 0.05) is 6.54 Å². The molecule has 0 bridgehead atoms. The maximum atomic E-state index is 12.2. The fraction of sp³-hybridized carbons (Fsp3) is 0.500. The van der Waals surface area contributed by atoms with E-state index < -0.39 is 16.1 Å². The number of carbonyl (C=O) groups is 1. The summed E-state index contributed by atoms with van der Waals surface area (Å²) in [6.45, 7) is 0.591. The Bertz CT molecular complexity index is 568.